The quantitative estimate of drug-likeness (QED) is 0.747. The molecular weight excluding hydrogens is 320 g/mol. The highest BCUT2D eigenvalue weighted by Crippen LogP contribution is 2.25. The Morgan fingerprint density at radius 1 is 1.16 bits per heavy atom. The van der Waals surface area contributed by atoms with Gasteiger partial charge < -0.3 is 20.5 Å². The van der Waals surface area contributed by atoms with Crippen LogP contribution in [0.5, 0.6) is 5.75 Å². The lowest BCUT2D eigenvalue weighted by atomic mass is 10.1. The highest BCUT2D eigenvalue weighted by atomic mass is 16.5. The number of hydrogen-bond acceptors (Lipinski definition) is 4. The number of carbonyl (C=O) groups is 2. The van der Waals surface area contributed by atoms with E-state index in [1.807, 2.05) is 6.92 Å². The van der Waals surface area contributed by atoms with Crippen LogP contribution in [0.4, 0.5) is 11.4 Å². The molecule has 1 saturated heterocycles. The Hall–Kier alpha value is -2.86. The van der Waals surface area contributed by atoms with Crippen molar-refractivity contribution in [2.45, 2.75) is 25.9 Å². The van der Waals surface area contributed by atoms with Gasteiger partial charge in [-0.25, -0.2) is 0 Å². The fraction of sp³-hybridized carbons (Fsp3) is 0.263. The number of rotatable bonds is 4. The van der Waals surface area contributed by atoms with Gasteiger partial charge in [-0.15, -0.1) is 0 Å². The molecule has 1 unspecified atom stereocenters. The average molecular weight is 340 g/mol. The van der Waals surface area contributed by atoms with Crippen molar-refractivity contribution >= 4 is 23.2 Å². The number of phenols is 1. The Bertz CT molecular complexity index is 798. The number of nitrogens with one attached hydrogen (secondary N) is 2. The number of phenolic OH excluding ortho intramolecular Hbond substituents is 1. The first kappa shape index (κ1) is 17.0. The molecular formula is C19H20N2O4. The zero-order valence-corrected chi connectivity index (χ0v) is 13.9. The molecule has 0 aromatic heterocycles. The first-order valence-electron chi connectivity index (χ1n) is 8.16. The van der Waals surface area contributed by atoms with E-state index in [2.05, 4.69) is 10.6 Å². The molecule has 6 heteroatoms. The van der Waals surface area contributed by atoms with Crippen molar-refractivity contribution in [1.29, 1.82) is 0 Å². The third-order valence-electron chi connectivity index (χ3n) is 4.02. The molecule has 2 amide bonds. The first-order valence-corrected chi connectivity index (χ1v) is 8.16. The molecule has 3 rings (SSSR count). The molecule has 0 aliphatic carbocycles. The molecule has 130 valence electrons. The number of anilines is 2. The summed E-state index contributed by atoms with van der Waals surface area (Å²) in [6.07, 6.45) is 1.15. The number of aromatic hydroxyl groups is 1. The zero-order chi connectivity index (χ0) is 17.8. The number of ether oxygens (including phenoxy) is 1. The van der Waals surface area contributed by atoms with E-state index in [9.17, 15) is 14.7 Å². The van der Waals surface area contributed by atoms with Gasteiger partial charge >= 0.3 is 0 Å². The molecule has 1 aliphatic heterocycles. The molecule has 6 nitrogen and oxygen atoms in total. The smallest absolute Gasteiger partial charge is 0.255 e. The summed E-state index contributed by atoms with van der Waals surface area (Å²) < 4.78 is 5.35. The van der Waals surface area contributed by atoms with E-state index in [1.54, 1.807) is 42.5 Å². The third-order valence-corrected chi connectivity index (χ3v) is 4.02. The molecule has 3 N–H and O–H groups in total. The normalized spacial score (nSPS) is 16.4. The molecule has 2 aromatic carbocycles. The van der Waals surface area contributed by atoms with Crippen LogP contribution in [-0.2, 0) is 9.53 Å². The Morgan fingerprint density at radius 2 is 2.00 bits per heavy atom. The Kier molecular flexibility index (Phi) is 5.00. The number of carbonyl (C=O) groups excluding carboxylic acids is 2. The minimum absolute atomic E-state index is 0.0104. The molecule has 1 atom stereocenters. The monoisotopic (exact) mass is 340 g/mol. The van der Waals surface area contributed by atoms with Crippen LogP contribution in [-0.4, -0.2) is 29.6 Å². The molecule has 1 heterocycles. The lowest BCUT2D eigenvalue weighted by Gasteiger charge is -2.12. The fourth-order valence-electron chi connectivity index (χ4n) is 2.69. The van der Waals surface area contributed by atoms with Crippen LogP contribution >= 0.6 is 0 Å². The molecule has 1 fully saturated rings. The predicted octanol–water partition coefficient (Wildman–Crippen LogP) is 3.07. The van der Waals surface area contributed by atoms with Crippen molar-refractivity contribution in [3.8, 4) is 5.75 Å². The van der Waals surface area contributed by atoms with E-state index in [0.29, 0.717) is 30.0 Å². The van der Waals surface area contributed by atoms with Gasteiger partial charge in [-0.05, 0) is 55.7 Å². The van der Waals surface area contributed by atoms with Gasteiger partial charge in [-0.3, -0.25) is 9.59 Å². The van der Waals surface area contributed by atoms with Gasteiger partial charge in [-0.2, -0.15) is 0 Å². The highest BCUT2D eigenvalue weighted by molar-refractivity contribution is 6.06. The second kappa shape index (κ2) is 7.36. The number of hydrogen-bond donors (Lipinski definition) is 3. The second-order valence-corrected chi connectivity index (χ2v) is 6.05. The summed E-state index contributed by atoms with van der Waals surface area (Å²) in [6, 6.07) is 11.7. The predicted molar refractivity (Wildman–Crippen MR) is 94.8 cm³/mol. The van der Waals surface area contributed by atoms with Crippen LogP contribution in [0.1, 0.15) is 28.8 Å². The van der Waals surface area contributed by atoms with Crippen molar-refractivity contribution in [3.05, 3.63) is 53.6 Å². The van der Waals surface area contributed by atoms with E-state index in [-0.39, 0.29) is 17.6 Å². The van der Waals surface area contributed by atoms with Crippen molar-refractivity contribution in [3.63, 3.8) is 0 Å². The Morgan fingerprint density at radius 3 is 2.72 bits per heavy atom. The van der Waals surface area contributed by atoms with Gasteiger partial charge in [0, 0.05) is 17.9 Å². The molecule has 25 heavy (non-hydrogen) atoms. The zero-order valence-electron chi connectivity index (χ0n) is 13.9. The molecule has 2 aromatic rings. The SMILES string of the molecule is Cc1ccc(NC(=O)c2cccc(NC(=O)C3CCCO3)c2)c(O)c1. The maximum absolute atomic E-state index is 12.4. The minimum Gasteiger partial charge on any atom is -0.506 e. The molecule has 0 saturated carbocycles. The van der Waals surface area contributed by atoms with Gasteiger partial charge in [0.2, 0.25) is 0 Å². The highest BCUT2D eigenvalue weighted by Gasteiger charge is 2.23. The minimum atomic E-state index is -0.429. The van der Waals surface area contributed by atoms with Crippen LogP contribution in [0.2, 0.25) is 0 Å². The van der Waals surface area contributed by atoms with Gasteiger partial charge in [-0.1, -0.05) is 12.1 Å². The van der Waals surface area contributed by atoms with Gasteiger partial charge in [0.15, 0.2) is 0 Å². The van der Waals surface area contributed by atoms with Crippen LogP contribution in [0, 0.1) is 6.92 Å². The third kappa shape index (κ3) is 4.16. The summed E-state index contributed by atoms with van der Waals surface area (Å²) in [4.78, 5) is 24.5. The van der Waals surface area contributed by atoms with Crippen molar-refractivity contribution in [2.75, 3.05) is 17.2 Å². The van der Waals surface area contributed by atoms with Gasteiger partial charge in [0.05, 0.1) is 5.69 Å². The maximum atomic E-state index is 12.4. The van der Waals surface area contributed by atoms with E-state index in [4.69, 9.17) is 4.74 Å². The largest absolute Gasteiger partial charge is 0.506 e. The van der Waals surface area contributed by atoms with Gasteiger partial charge in [0.25, 0.3) is 11.8 Å². The standard InChI is InChI=1S/C19H20N2O4/c1-12-7-8-15(16(22)10-12)21-18(23)13-4-2-5-14(11-13)20-19(24)17-6-3-9-25-17/h2,4-5,7-8,10-11,17,22H,3,6,9H2,1H3,(H,20,24)(H,21,23). The molecule has 0 radical (unpaired) electrons. The number of benzene rings is 2. The molecule has 0 bridgehead atoms. The number of amides is 2. The summed E-state index contributed by atoms with van der Waals surface area (Å²) in [5, 5.41) is 15.3. The lowest BCUT2D eigenvalue weighted by Crippen LogP contribution is -2.27. The summed E-state index contributed by atoms with van der Waals surface area (Å²) in [5.74, 6) is -0.560. The van der Waals surface area contributed by atoms with Crippen LogP contribution < -0.4 is 10.6 Å². The van der Waals surface area contributed by atoms with Crippen molar-refractivity contribution in [2.24, 2.45) is 0 Å². The number of aryl methyl sites for hydroxylation is 1. The van der Waals surface area contributed by atoms with Gasteiger partial charge in [0.1, 0.15) is 11.9 Å². The van der Waals surface area contributed by atoms with E-state index >= 15 is 0 Å². The summed E-state index contributed by atoms with van der Waals surface area (Å²) >= 11 is 0. The first-order chi connectivity index (χ1) is 12.0. The van der Waals surface area contributed by atoms with E-state index in [1.165, 1.54) is 0 Å². The van der Waals surface area contributed by atoms with Crippen LogP contribution in [0.15, 0.2) is 42.5 Å². The molecule has 1 aliphatic rings. The summed E-state index contributed by atoms with van der Waals surface area (Å²) in [7, 11) is 0. The van der Waals surface area contributed by atoms with Crippen LogP contribution in [0.25, 0.3) is 0 Å². The topological polar surface area (TPSA) is 87.7 Å². The lowest BCUT2D eigenvalue weighted by molar-refractivity contribution is -0.124. The van der Waals surface area contributed by atoms with E-state index in [0.717, 1.165) is 12.0 Å². The average Bonchev–Trinajstić information content (AvgIpc) is 3.12. The van der Waals surface area contributed by atoms with E-state index < -0.39 is 6.10 Å². The molecule has 0 spiro atoms. The second-order valence-electron chi connectivity index (χ2n) is 6.05. The Balaban J connectivity index is 1.69. The van der Waals surface area contributed by atoms with Crippen LogP contribution in [0.3, 0.4) is 0 Å². The van der Waals surface area contributed by atoms with Crippen molar-refractivity contribution < 1.29 is 19.4 Å². The van der Waals surface area contributed by atoms with Crippen molar-refractivity contribution in [1.82, 2.24) is 0 Å². The Labute approximate surface area is 145 Å². The maximum Gasteiger partial charge on any atom is 0.255 e. The summed E-state index contributed by atoms with van der Waals surface area (Å²) in [5.41, 5.74) is 2.14. The summed E-state index contributed by atoms with van der Waals surface area (Å²) in [6.45, 7) is 2.45. The fourth-order valence-corrected chi connectivity index (χ4v) is 2.69.